The summed E-state index contributed by atoms with van der Waals surface area (Å²) in [5, 5.41) is 3.35. The van der Waals surface area contributed by atoms with Gasteiger partial charge in [-0.15, -0.1) is 0 Å². The average Bonchev–Trinajstić information content (AvgIpc) is 3.22. The van der Waals surface area contributed by atoms with Crippen LogP contribution < -0.4 is 11.1 Å². The first-order valence-electron chi connectivity index (χ1n) is 11.6. The molecule has 0 aromatic heterocycles. The molecule has 27 heavy (non-hydrogen) atoms. The minimum Gasteiger partial charge on any atom is -0.329 e. The highest BCUT2D eigenvalue weighted by Crippen LogP contribution is 2.09. The van der Waals surface area contributed by atoms with Crippen LogP contribution in [0.25, 0.3) is 4.85 Å². The third-order valence-electron chi connectivity index (χ3n) is 5.57. The maximum absolute atomic E-state index is 6.69. The number of rotatable bonds is 3. The predicted molar refractivity (Wildman–Crippen MR) is 117 cm³/mol. The van der Waals surface area contributed by atoms with Crippen molar-refractivity contribution >= 4 is 0 Å². The van der Waals surface area contributed by atoms with Gasteiger partial charge >= 0.3 is 0 Å². The van der Waals surface area contributed by atoms with Crippen molar-refractivity contribution in [1.82, 2.24) is 15.1 Å². The van der Waals surface area contributed by atoms with E-state index in [4.69, 9.17) is 12.3 Å². The average molecular weight is 380 g/mol. The first kappa shape index (κ1) is 24.4. The van der Waals surface area contributed by atoms with E-state index >= 15 is 0 Å². The van der Waals surface area contributed by atoms with Gasteiger partial charge in [0.2, 0.25) is 0 Å². The molecule has 3 fully saturated rings. The largest absolute Gasteiger partial charge is 0.329 e. The molecule has 5 heteroatoms. The van der Waals surface area contributed by atoms with Crippen molar-refractivity contribution in [2.75, 3.05) is 59.0 Å². The SMILES string of the molecule is C1CCCNCC1.NCCN1CCCCCC1.[C-]#[N+]CN1CCCCCC1. The third kappa shape index (κ3) is 15.0. The summed E-state index contributed by atoms with van der Waals surface area (Å²) in [6.45, 7) is 16.6. The Morgan fingerprint density at radius 1 is 0.667 bits per heavy atom. The van der Waals surface area contributed by atoms with Crippen molar-refractivity contribution in [3.8, 4) is 0 Å². The summed E-state index contributed by atoms with van der Waals surface area (Å²) in [5.74, 6) is 0. The van der Waals surface area contributed by atoms with Gasteiger partial charge in [-0.05, 0) is 64.7 Å². The summed E-state index contributed by atoms with van der Waals surface area (Å²) in [6, 6.07) is 0. The number of hydrogen-bond donors (Lipinski definition) is 2. The number of nitrogens with one attached hydrogen (secondary N) is 1. The van der Waals surface area contributed by atoms with Gasteiger partial charge < -0.3 is 16.0 Å². The van der Waals surface area contributed by atoms with Crippen LogP contribution >= 0.6 is 0 Å². The van der Waals surface area contributed by atoms with Crippen LogP contribution in [-0.2, 0) is 0 Å². The Bertz CT molecular complexity index is 319. The van der Waals surface area contributed by atoms with Crippen molar-refractivity contribution in [3.05, 3.63) is 11.4 Å². The highest BCUT2D eigenvalue weighted by molar-refractivity contribution is 4.67. The fourth-order valence-electron chi connectivity index (χ4n) is 3.90. The summed E-state index contributed by atoms with van der Waals surface area (Å²) < 4.78 is 0. The molecule has 0 aromatic rings. The molecule has 3 aliphatic rings. The van der Waals surface area contributed by atoms with E-state index in [1.54, 1.807) is 0 Å². The van der Waals surface area contributed by atoms with Crippen molar-refractivity contribution in [2.24, 2.45) is 5.73 Å². The van der Waals surface area contributed by atoms with E-state index in [1.165, 1.54) is 103 Å². The zero-order valence-corrected chi connectivity index (χ0v) is 17.8. The molecule has 0 spiro atoms. The van der Waals surface area contributed by atoms with Gasteiger partial charge in [0.05, 0.1) is 0 Å². The van der Waals surface area contributed by atoms with E-state index in [1.807, 2.05) is 0 Å². The number of nitrogens with two attached hydrogens (primary N) is 1. The fraction of sp³-hybridized carbons (Fsp3) is 0.955. The molecule has 3 heterocycles. The Kier molecular flexibility index (Phi) is 16.9. The Balaban J connectivity index is 0.000000206. The second kappa shape index (κ2) is 18.7. The molecule has 0 bridgehead atoms. The van der Waals surface area contributed by atoms with Gasteiger partial charge in [0.15, 0.2) is 0 Å². The number of likely N-dealkylation sites (tertiary alicyclic amines) is 2. The van der Waals surface area contributed by atoms with Gasteiger partial charge in [-0.1, -0.05) is 38.5 Å². The molecule has 0 saturated carbocycles. The molecule has 0 atom stereocenters. The van der Waals surface area contributed by atoms with E-state index in [0.717, 1.165) is 26.2 Å². The molecule has 158 valence electrons. The Morgan fingerprint density at radius 2 is 1.11 bits per heavy atom. The Morgan fingerprint density at radius 3 is 1.56 bits per heavy atom. The van der Waals surface area contributed by atoms with Gasteiger partial charge in [-0.3, -0.25) is 4.85 Å². The molecule has 0 amide bonds. The van der Waals surface area contributed by atoms with Gasteiger partial charge in [0, 0.05) is 26.2 Å². The molecule has 0 unspecified atom stereocenters. The van der Waals surface area contributed by atoms with Crippen LogP contribution in [0.1, 0.15) is 77.0 Å². The molecule has 3 N–H and O–H groups in total. The normalized spacial score (nSPS) is 22.5. The van der Waals surface area contributed by atoms with Crippen LogP contribution in [0.3, 0.4) is 0 Å². The van der Waals surface area contributed by atoms with Crippen molar-refractivity contribution in [3.63, 3.8) is 0 Å². The predicted octanol–water partition coefficient (Wildman–Crippen LogP) is 3.71. The Hall–Kier alpha value is -0.670. The first-order chi connectivity index (χ1) is 13.4. The lowest BCUT2D eigenvalue weighted by Gasteiger charge is -2.17. The highest BCUT2D eigenvalue weighted by Gasteiger charge is 2.09. The lowest BCUT2D eigenvalue weighted by atomic mass is 10.2. The molecule has 0 radical (unpaired) electrons. The summed E-state index contributed by atoms with van der Waals surface area (Å²) in [4.78, 5) is 8.11. The molecule has 3 aliphatic heterocycles. The second-order valence-corrected chi connectivity index (χ2v) is 8.04. The van der Waals surface area contributed by atoms with E-state index in [9.17, 15) is 0 Å². The van der Waals surface area contributed by atoms with Crippen LogP contribution in [0, 0.1) is 6.57 Å². The minimum absolute atomic E-state index is 0.611. The van der Waals surface area contributed by atoms with Crippen LogP contribution in [0.15, 0.2) is 0 Å². The van der Waals surface area contributed by atoms with E-state index in [2.05, 4.69) is 20.0 Å². The zero-order valence-electron chi connectivity index (χ0n) is 17.8. The second-order valence-electron chi connectivity index (χ2n) is 8.04. The van der Waals surface area contributed by atoms with Gasteiger partial charge in [0.25, 0.3) is 6.67 Å². The van der Waals surface area contributed by atoms with Gasteiger partial charge in [-0.25, -0.2) is 11.5 Å². The van der Waals surface area contributed by atoms with Crippen molar-refractivity contribution in [1.29, 1.82) is 0 Å². The maximum Gasteiger partial charge on any atom is 0.270 e. The highest BCUT2D eigenvalue weighted by atomic mass is 15.2. The lowest BCUT2D eigenvalue weighted by molar-refractivity contribution is 0.293. The van der Waals surface area contributed by atoms with Crippen LogP contribution in [0.4, 0.5) is 0 Å². The molecule has 3 rings (SSSR count). The molecular weight excluding hydrogens is 334 g/mol. The van der Waals surface area contributed by atoms with E-state index in [0.29, 0.717) is 6.67 Å². The van der Waals surface area contributed by atoms with E-state index < -0.39 is 0 Å². The topological polar surface area (TPSA) is 48.9 Å². The van der Waals surface area contributed by atoms with Crippen LogP contribution in [0.5, 0.6) is 0 Å². The smallest absolute Gasteiger partial charge is 0.270 e. The van der Waals surface area contributed by atoms with E-state index in [-0.39, 0.29) is 0 Å². The molecule has 0 aromatic carbocycles. The quantitative estimate of drug-likeness (QED) is 0.734. The first-order valence-corrected chi connectivity index (χ1v) is 11.6. The standard InChI is InChI=1S/C8H14N2.C8H18N2.C6H13N/c1-9-8-10-6-4-2-3-5-7-10;9-5-8-10-6-3-1-2-4-7-10;1-2-4-6-7-5-3-1/h2-8H2;1-9H2;7H,1-6H2. The molecular formula is C22H45N5. The van der Waals surface area contributed by atoms with Crippen molar-refractivity contribution in [2.45, 2.75) is 77.0 Å². The zero-order chi connectivity index (χ0) is 19.4. The van der Waals surface area contributed by atoms with Gasteiger partial charge in [-0.2, -0.15) is 0 Å². The third-order valence-corrected chi connectivity index (χ3v) is 5.57. The van der Waals surface area contributed by atoms with Crippen LogP contribution in [0.2, 0.25) is 0 Å². The van der Waals surface area contributed by atoms with Gasteiger partial charge in [0.1, 0.15) is 0 Å². The summed E-state index contributed by atoms with van der Waals surface area (Å²) in [7, 11) is 0. The summed E-state index contributed by atoms with van der Waals surface area (Å²) in [5.41, 5.74) is 5.47. The molecule has 3 saturated heterocycles. The Labute approximate surface area is 168 Å². The number of hydrogen-bond acceptors (Lipinski definition) is 4. The summed E-state index contributed by atoms with van der Waals surface area (Å²) in [6.07, 6.45) is 16.5. The molecule has 5 nitrogen and oxygen atoms in total. The molecule has 0 aliphatic carbocycles. The van der Waals surface area contributed by atoms with Crippen LogP contribution in [-0.4, -0.2) is 68.8 Å². The number of nitrogens with zero attached hydrogens (tertiary/aromatic N) is 3. The lowest BCUT2D eigenvalue weighted by Crippen LogP contribution is -2.30. The minimum atomic E-state index is 0.611. The maximum atomic E-state index is 6.69. The fourth-order valence-corrected chi connectivity index (χ4v) is 3.90. The monoisotopic (exact) mass is 379 g/mol. The summed E-state index contributed by atoms with van der Waals surface area (Å²) >= 11 is 0. The van der Waals surface area contributed by atoms with Crippen molar-refractivity contribution < 1.29 is 0 Å².